The molecule has 0 amide bonds. The number of aliphatic hydroxyl groups excluding tert-OH is 1. The summed E-state index contributed by atoms with van der Waals surface area (Å²) in [4.78, 5) is 6.13. The van der Waals surface area contributed by atoms with Crippen LogP contribution in [-0.2, 0) is 6.61 Å². The largest absolute Gasteiger partial charge is 0.392 e. The molecule has 1 aromatic carbocycles. The Kier molecular flexibility index (Phi) is 10.6. The third-order valence-corrected chi connectivity index (χ3v) is 5.48. The van der Waals surface area contributed by atoms with Gasteiger partial charge >= 0.3 is 0 Å². The lowest BCUT2D eigenvalue weighted by Crippen LogP contribution is -2.10. The minimum absolute atomic E-state index is 0.0145. The fraction of sp³-hybridized carbons (Fsp3) is 0.480. The lowest BCUT2D eigenvalue weighted by Gasteiger charge is -2.22. The molecule has 0 unspecified atom stereocenters. The molecule has 0 bridgehead atoms. The Morgan fingerprint density at radius 3 is 1.89 bits per heavy atom. The fourth-order valence-corrected chi connectivity index (χ4v) is 3.46. The molecule has 2 rings (SSSR count). The van der Waals surface area contributed by atoms with Gasteiger partial charge in [0.25, 0.3) is 0 Å². The van der Waals surface area contributed by atoms with Gasteiger partial charge in [0.05, 0.1) is 12.3 Å². The van der Waals surface area contributed by atoms with Crippen LogP contribution in [0, 0.1) is 0 Å². The summed E-state index contributed by atoms with van der Waals surface area (Å²) in [6, 6.07) is 8.50. The van der Waals surface area contributed by atoms with Crippen molar-refractivity contribution in [3.8, 4) is 11.1 Å². The highest BCUT2D eigenvalue weighted by Crippen LogP contribution is 2.37. The van der Waals surface area contributed by atoms with E-state index in [0.717, 1.165) is 33.6 Å². The standard InChI is InChI=1S/C21H27NOS.C4H10/c1-7-17-19(15-8-10-16(24-6)11-9-15)18(12-23)21(14(4)5)22-20(17)13(2)3;1-3-4-2/h7-11,13-14,23H,1,12H2,2-6H3;3-4H2,1-2H3. The van der Waals surface area contributed by atoms with Crippen molar-refractivity contribution in [2.75, 3.05) is 6.26 Å². The molecule has 1 heterocycles. The van der Waals surface area contributed by atoms with Crippen LogP contribution in [0.4, 0.5) is 0 Å². The second-order valence-corrected chi connectivity index (χ2v) is 8.43. The highest BCUT2D eigenvalue weighted by Gasteiger charge is 2.21. The fourth-order valence-electron chi connectivity index (χ4n) is 3.05. The van der Waals surface area contributed by atoms with Gasteiger partial charge in [-0.3, -0.25) is 4.98 Å². The zero-order valence-corrected chi connectivity index (χ0v) is 19.5. The molecule has 2 nitrogen and oxygen atoms in total. The molecule has 0 aliphatic carbocycles. The van der Waals surface area contributed by atoms with Gasteiger partial charge in [0.2, 0.25) is 0 Å². The number of hydrogen-bond donors (Lipinski definition) is 1. The Morgan fingerprint density at radius 1 is 1.00 bits per heavy atom. The van der Waals surface area contributed by atoms with Crippen molar-refractivity contribution < 1.29 is 5.11 Å². The number of benzene rings is 1. The van der Waals surface area contributed by atoms with E-state index < -0.39 is 0 Å². The predicted molar refractivity (Wildman–Crippen MR) is 126 cm³/mol. The molecule has 0 aliphatic rings. The van der Waals surface area contributed by atoms with Crippen LogP contribution in [0.15, 0.2) is 35.7 Å². The van der Waals surface area contributed by atoms with Crippen LogP contribution in [0.25, 0.3) is 17.2 Å². The van der Waals surface area contributed by atoms with E-state index in [0.29, 0.717) is 5.92 Å². The quantitative estimate of drug-likeness (QED) is 0.485. The Bertz CT molecular complexity index is 746. The summed E-state index contributed by atoms with van der Waals surface area (Å²) in [5, 5.41) is 10.1. The van der Waals surface area contributed by atoms with Crippen LogP contribution in [0.2, 0.25) is 0 Å². The van der Waals surface area contributed by atoms with Crippen molar-refractivity contribution in [2.45, 2.75) is 77.7 Å². The molecule has 28 heavy (non-hydrogen) atoms. The van der Waals surface area contributed by atoms with Gasteiger partial charge in [0.15, 0.2) is 0 Å². The van der Waals surface area contributed by atoms with Crippen LogP contribution in [0.3, 0.4) is 0 Å². The van der Waals surface area contributed by atoms with Crippen molar-refractivity contribution in [2.24, 2.45) is 0 Å². The summed E-state index contributed by atoms with van der Waals surface area (Å²) in [7, 11) is 0. The van der Waals surface area contributed by atoms with Crippen molar-refractivity contribution in [1.29, 1.82) is 0 Å². The van der Waals surface area contributed by atoms with Crippen LogP contribution < -0.4 is 0 Å². The zero-order chi connectivity index (χ0) is 21.3. The van der Waals surface area contributed by atoms with E-state index in [1.165, 1.54) is 17.7 Å². The SMILES string of the molecule is C=Cc1c(C(C)C)nc(C(C)C)c(CO)c1-c1ccc(SC)cc1.CCCC. The molecule has 0 saturated heterocycles. The number of unbranched alkanes of at least 4 members (excludes halogenated alkanes) is 1. The number of rotatable bonds is 7. The van der Waals surface area contributed by atoms with E-state index in [4.69, 9.17) is 4.98 Å². The molecule has 1 aromatic heterocycles. The summed E-state index contributed by atoms with van der Waals surface area (Å²) >= 11 is 1.73. The first kappa shape index (κ1) is 24.5. The third kappa shape index (κ3) is 5.96. The van der Waals surface area contributed by atoms with Gasteiger partial charge in [0.1, 0.15) is 0 Å². The summed E-state index contributed by atoms with van der Waals surface area (Å²) in [5.74, 6) is 0.556. The van der Waals surface area contributed by atoms with Crippen molar-refractivity contribution >= 4 is 17.8 Å². The number of pyridine rings is 1. The molecule has 0 saturated carbocycles. The molecule has 0 spiro atoms. The smallest absolute Gasteiger partial charge is 0.0706 e. The molecule has 0 radical (unpaired) electrons. The first-order valence-corrected chi connectivity index (χ1v) is 11.5. The van der Waals surface area contributed by atoms with Gasteiger partial charge in [0, 0.05) is 21.7 Å². The maximum atomic E-state index is 10.1. The number of aromatic nitrogens is 1. The number of thioether (sulfide) groups is 1. The summed E-state index contributed by atoms with van der Waals surface area (Å²) in [6.07, 6.45) is 6.59. The molecule has 1 N–H and O–H groups in total. The second-order valence-electron chi connectivity index (χ2n) is 7.55. The molecule has 2 aromatic rings. The normalized spacial score (nSPS) is 10.8. The maximum Gasteiger partial charge on any atom is 0.0706 e. The van der Waals surface area contributed by atoms with Crippen LogP contribution in [0.5, 0.6) is 0 Å². The molecular weight excluding hydrogens is 362 g/mol. The monoisotopic (exact) mass is 399 g/mol. The molecule has 0 aliphatic heterocycles. The summed E-state index contributed by atoms with van der Waals surface area (Å²) in [6.45, 7) is 16.9. The van der Waals surface area contributed by atoms with Gasteiger partial charge in [-0.25, -0.2) is 0 Å². The van der Waals surface area contributed by atoms with Crippen molar-refractivity contribution in [3.05, 3.63) is 53.4 Å². The van der Waals surface area contributed by atoms with Gasteiger partial charge in [-0.05, 0) is 41.4 Å². The van der Waals surface area contributed by atoms with Gasteiger partial charge in [-0.15, -0.1) is 11.8 Å². The van der Waals surface area contributed by atoms with E-state index in [9.17, 15) is 5.11 Å². The Labute approximate surface area is 176 Å². The highest BCUT2D eigenvalue weighted by molar-refractivity contribution is 7.98. The van der Waals surface area contributed by atoms with E-state index in [1.807, 2.05) is 6.08 Å². The Morgan fingerprint density at radius 2 is 1.54 bits per heavy atom. The topological polar surface area (TPSA) is 33.1 Å². The van der Waals surface area contributed by atoms with E-state index >= 15 is 0 Å². The molecule has 0 atom stereocenters. The summed E-state index contributed by atoms with van der Waals surface area (Å²) < 4.78 is 0. The average Bonchev–Trinajstić information content (AvgIpc) is 2.71. The average molecular weight is 400 g/mol. The lowest BCUT2D eigenvalue weighted by molar-refractivity contribution is 0.280. The first-order valence-electron chi connectivity index (χ1n) is 10.3. The van der Waals surface area contributed by atoms with E-state index in [2.05, 4.69) is 78.6 Å². The molecule has 0 fully saturated rings. The van der Waals surface area contributed by atoms with Crippen LogP contribution >= 0.6 is 11.8 Å². The minimum atomic E-state index is -0.0145. The maximum absolute atomic E-state index is 10.1. The lowest BCUT2D eigenvalue weighted by atomic mass is 9.87. The Hall–Kier alpha value is -1.58. The zero-order valence-electron chi connectivity index (χ0n) is 18.7. The van der Waals surface area contributed by atoms with Crippen LogP contribution in [0.1, 0.15) is 88.7 Å². The minimum Gasteiger partial charge on any atom is -0.392 e. The molecular formula is C25H37NOS. The highest BCUT2D eigenvalue weighted by atomic mass is 32.2. The van der Waals surface area contributed by atoms with E-state index in [1.54, 1.807) is 11.8 Å². The van der Waals surface area contributed by atoms with Gasteiger partial charge < -0.3 is 5.11 Å². The predicted octanol–water partition coefficient (Wildman–Crippen LogP) is 7.66. The third-order valence-electron chi connectivity index (χ3n) is 4.73. The summed E-state index contributed by atoms with van der Waals surface area (Å²) in [5.41, 5.74) is 6.17. The number of nitrogens with zero attached hydrogens (tertiary/aromatic N) is 1. The molecule has 3 heteroatoms. The van der Waals surface area contributed by atoms with Gasteiger partial charge in [-0.2, -0.15) is 0 Å². The van der Waals surface area contributed by atoms with Crippen molar-refractivity contribution in [1.82, 2.24) is 4.98 Å². The van der Waals surface area contributed by atoms with Crippen molar-refractivity contribution in [3.63, 3.8) is 0 Å². The van der Waals surface area contributed by atoms with Crippen LogP contribution in [-0.4, -0.2) is 16.3 Å². The second kappa shape index (κ2) is 12.1. The Balaban J connectivity index is 0.000000892. The first-order chi connectivity index (χ1) is 13.4. The van der Waals surface area contributed by atoms with Gasteiger partial charge in [-0.1, -0.05) is 79.2 Å². The molecule has 154 valence electrons. The number of hydrogen-bond acceptors (Lipinski definition) is 3. The van der Waals surface area contributed by atoms with E-state index in [-0.39, 0.29) is 12.5 Å². The number of aliphatic hydroxyl groups is 1.